The van der Waals surface area contributed by atoms with Crippen LogP contribution in [0.25, 0.3) is 0 Å². The largest absolute Gasteiger partial charge is 0.454 e. The topological polar surface area (TPSA) is 90.7 Å². The van der Waals surface area contributed by atoms with Gasteiger partial charge in [0.25, 0.3) is 0 Å². The molecule has 1 saturated heterocycles. The number of fused-ring (bicyclic) bond motifs is 1. The second-order valence-electron chi connectivity index (χ2n) is 4.55. The van der Waals surface area contributed by atoms with Gasteiger partial charge >= 0.3 is 0 Å². The molecule has 1 amide bonds. The van der Waals surface area contributed by atoms with Crippen molar-refractivity contribution in [1.29, 1.82) is 0 Å². The average molecular weight is 264 g/mol. The van der Waals surface area contributed by atoms with Crippen molar-refractivity contribution in [2.45, 2.75) is 24.9 Å². The summed E-state index contributed by atoms with van der Waals surface area (Å²) in [7, 11) is 0. The molecule has 0 radical (unpaired) electrons. The molecule has 0 aliphatic carbocycles. The van der Waals surface area contributed by atoms with Crippen molar-refractivity contribution >= 4 is 5.91 Å². The van der Waals surface area contributed by atoms with Gasteiger partial charge in [0, 0.05) is 17.8 Å². The molecule has 1 fully saturated rings. The van der Waals surface area contributed by atoms with Crippen molar-refractivity contribution in [2.75, 3.05) is 6.79 Å². The number of nitrogens with zero attached hydrogens (tertiary/aromatic N) is 1. The molecule has 2 aliphatic heterocycles. The van der Waals surface area contributed by atoms with E-state index < -0.39 is 12.1 Å². The quantitative estimate of drug-likeness (QED) is 0.636. The van der Waals surface area contributed by atoms with Gasteiger partial charge in [0.2, 0.25) is 18.7 Å². The number of benzene rings is 1. The molecule has 100 valence electrons. The molecule has 0 spiro atoms. The number of rotatable bonds is 2. The van der Waals surface area contributed by atoms with Gasteiger partial charge in [-0.2, -0.15) is 0 Å². The molecule has 0 saturated carbocycles. The van der Waals surface area contributed by atoms with Gasteiger partial charge in [0.15, 0.2) is 11.5 Å². The van der Waals surface area contributed by atoms with E-state index in [1.165, 1.54) is 0 Å². The van der Waals surface area contributed by atoms with E-state index in [1.807, 2.05) is 0 Å². The summed E-state index contributed by atoms with van der Waals surface area (Å²) in [6.07, 6.45) is 0.435. The molecule has 7 nitrogen and oxygen atoms in total. The van der Waals surface area contributed by atoms with Crippen molar-refractivity contribution in [3.63, 3.8) is 0 Å². The predicted molar refractivity (Wildman–Crippen MR) is 63.5 cm³/mol. The van der Waals surface area contributed by atoms with Crippen molar-refractivity contribution in [1.82, 2.24) is 5.32 Å². The third-order valence-corrected chi connectivity index (χ3v) is 3.39. The lowest BCUT2D eigenvalue weighted by Crippen LogP contribution is -2.45. The summed E-state index contributed by atoms with van der Waals surface area (Å²) in [5.74, 6) is 1.00. The summed E-state index contributed by atoms with van der Waals surface area (Å²) in [5, 5.41) is 13.8. The van der Waals surface area contributed by atoms with Crippen molar-refractivity contribution < 1.29 is 19.2 Å². The Labute approximate surface area is 108 Å². The van der Waals surface area contributed by atoms with Crippen molar-refractivity contribution in [2.24, 2.45) is 0 Å². The fraction of sp³-hybridized carbons (Fsp3) is 0.417. The monoisotopic (exact) mass is 264 g/mol. The van der Waals surface area contributed by atoms with E-state index in [0.717, 1.165) is 0 Å². The molecule has 0 aromatic heterocycles. The standard InChI is InChI=1S/C12H12N2O5/c15-11-4-2-8(14(16)17)12(13-11)7-1-3-9-10(5-7)19-6-18-9/h1,3,5,8,12H,2,4,6H2,(H,13,15)/t8-,12-/m0/s1. The molecule has 2 heterocycles. The van der Waals surface area contributed by atoms with Gasteiger partial charge < -0.3 is 14.8 Å². The number of nitrogens with one attached hydrogen (secondary N) is 1. The zero-order chi connectivity index (χ0) is 13.4. The van der Waals surface area contributed by atoms with Crippen LogP contribution in [-0.4, -0.2) is 23.7 Å². The Morgan fingerprint density at radius 3 is 2.89 bits per heavy atom. The molecule has 1 N–H and O–H groups in total. The van der Waals surface area contributed by atoms with E-state index in [4.69, 9.17) is 9.47 Å². The van der Waals surface area contributed by atoms with Gasteiger partial charge in [-0.05, 0) is 17.7 Å². The van der Waals surface area contributed by atoms with Crippen molar-refractivity contribution in [3.8, 4) is 11.5 Å². The molecular weight excluding hydrogens is 252 g/mol. The van der Waals surface area contributed by atoms with Crippen LogP contribution in [0.5, 0.6) is 11.5 Å². The van der Waals surface area contributed by atoms with Crippen LogP contribution in [-0.2, 0) is 4.79 Å². The van der Waals surface area contributed by atoms with E-state index in [9.17, 15) is 14.9 Å². The molecule has 7 heteroatoms. The third-order valence-electron chi connectivity index (χ3n) is 3.39. The summed E-state index contributed by atoms with van der Waals surface area (Å²) in [6.45, 7) is 0.147. The fourth-order valence-corrected chi connectivity index (χ4v) is 2.43. The number of piperidine rings is 1. The maximum Gasteiger partial charge on any atom is 0.237 e. The number of carbonyl (C=O) groups is 1. The first-order valence-corrected chi connectivity index (χ1v) is 5.97. The normalized spacial score (nSPS) is 24.9. The van der Waals surface area contributed by atoms with Crippen LogP contribution in [0.4, 0.5) is 0 Å². The van der Waals surface area contributed by atoms with Crippen LogP contribution < -0.4 is 14.8 Å². The average Bonchev–Trinajstić information content (AvgIpc) is 2.85. The van der Waals surface area contributed by atoms with E-state index in [0.29, 0.717) is 17.1 Å². The first-order chi connectivity index (χ1) is 9.15. The fourth-order valence-electron chi connectivity index (χ4n) is 2.43. The predicted octanol–water partition coefficient (Wildman–Crippen LogP) is 1.01. The molecule has 2 atom stereocenters. The number of amides is 1. The number of hydrogen-bond acceptors (Lipinski definition) is 5. The molecule has 2 aliphatic rings. The molecule has 19 heavy (non-hydrogen) atoms. The molecule has 0 unspecified atom stereocenters. The zero-order valence-corrected chi connectivity index (χ0v) is 10.00. The second kappa shape index (κ2) is 4.42. The molecular formula is C12H12N2O5. The smallest absolute Gasteiger partial charge is 0.237 e. The van der Waals surface area contributed by atoms with Gasteiger partial charge in [0.05, 0.1) is 0 Å². The lowest BCUT2D eigenvalue weighted by atomic mass is 9.92. The van der Waals surface area contributed by atoms with Crippen LogP contribution in [0.15, 0.2) is 18.2 Å². The Morgan fingerprint density at radius 2 is 2.11 bits per heavy atom. The van der Waals surface area contributed by atoms with E-state index in [2.05, 4.69) is 5.32 Å². The van der Waals surface area contributed by atoms with Crippen LogP contribution in [0.2, 0.25) is 0 Å². The summed E-state index contributed by atoms with van der Waals surface area (Å²) in [4.78, 5) is 22.2. The lowest BCUT2D eigenvalue weighted by molar-refractivity contribution is -0.529. The summed E-state index contributed by atoms with van der Waals surface area (Å²) >= 11 is 0. The molecule has 1 aromatic carbocycles. The van der Waals surface area contributed by atoms with Crippen molar-refractivity contribution in [3.05, 3.63) is 33.9 Å². The Hall–Kier alpha value is -2.31. The van der Waals surface area contributed by atoms with E-state index in [1.54, 1.807) is 18.2 Å². The minimum Gasteiger partial charge on any atom is -0.454 e. The Kier molecular flexibility index (Phi) is 2.73. The first kappa shape index (κ1) is 11.8. The molecule has 0 bridgehead atoms. The SMILES string of the molecule is O=C1CC[C@H]([N+](=O)[O-])[C@H](c2ccc3c(c2)OCO3)N1. The molecule has 3 rings (SSSR count). The maximum atomic E-state index is 11.5. The highest BCUT2D eigenvalue weighted by atomic mass is 16.7. The highest BCUT2D eigenvalue weighted by molar-refractivity contribution is 5.77. The van der Waals surface area contributed by atoms with E-state index >= 15 is 0 Å². The Morgan fingerprint density at radius 1 is 1.32 bits per heavy atom. The highest BCUT2D eigenvalue weighted by Gasteiger charge is 2.38. The lowest BCUT2D eigenvalue weighted by Gasteiger charge is -2.26. The van der Waals surface area contributed by atoms with Gasteiger partial charge in [-0.1, -0.05) is 6.07 Å². The van der Waals surface area contributed by atoms with E-state index in [-0.39, 0.29) is 30.5 Å². The van der Waals surface area contributed by atoms with Crippen LogP contribution in [0.3, 0.4) is 0 Å². The summed E-state index contributed by atoms with van der Waals surface area (Å²) < 4.78 is 10.4. The van der Waals surface area contributed by atoms with Gasteiger partial charge in [0.1, 0.15) is 6.04 Å². The maximum absolute atomic E-state index is 11.5. The first-order valence-electron chi connectivity index (χ1n) is 5.97. The second-order valence-corrected chi connectivity index (χ2v) is 4.55. The third kappa shape index (κ3) is 2.07. The van der Waals surface area contributed by atoms with Crippen LogP contribution >= 0.6 is 0 Å². The van der Waals surface area contributed by atoms with Gasteiger partial charge in [-0.15, -0.1) is 0 Å². The Bertz CT molecular complexity index is 545. The zero-order valence-electron chi connectivity index (χ0n) is 10.00. The van der Waals surface area contributed by atoms with Gasteiger partial charge in [-0.3, -0.25) is 14.9 Å². The Balaban J connectivity index is 1.93. The van der Waals surface area contributed by atoms with Crippen LogP contribution in [0.1, 0.15) is 24.4 Å². The number of nitro groups is 1. The van der Waals surface area contributed by atoms with Crippen LogP contribution in [0, 0.1) is 10.1 Å². The number of carbonyl (C=O) groups excluding carboxylic acids is 1. The van der Waals surface area contributed by atoms with Gasteiger partial charge in [-0.25, -0.2) is 0 Å². The molecule has 1 aromatic rings. The minimum absolute atomic E-state index is 0.147. The summed E-state index contributed by atoms with van der Waals surface area (Å²) in [5.41, 5.74) is 0.666. The number of hydrogen-bond donors (Lipinski definition) is 1. The highest BCUT2D eigenvalue weighted by Crippen LogP contribution is 2.36. The summed E-state index contributed by atoms with van der Waals surface area (Å²) in [6, 6.07) is 3.69. The number of ether oxygens (including phenoxy) is 2. The minimum atomic E-state index is -0.807.